The Hall–Kier alpha value is -1.39. The predicted molar refractivity (Wildman–Crippen MR) is 77.3 cm³/mol. The third kappa shape index (κ3) is 5.01. The van der Waals surface area contributed by atoms with E-state index in [1.807, 2.05) is 0 Å². The average molecular weight is 264 g/mol. The van der Waals surface area contributed by atoms with Crippen molar-refractivity contribution in [2.24, 2.45) is 0 Å². The van der Waals surface area contributed by atoms with Gasteiger partial charge in [0.15, 0.2) is 0 Å². The van der Waals surface area contributed by atoms with Crippen LogP contribution in [0.5, 0.6) is 0 Å². The summed E-state index contributed by atoms with van der Waals surface area (Å²) in [6.07, 6.45) is 0. The van der Waals surface area contributed by atoms with Gasteiger partial charge in [0.2, 0.25) is 0 Å². The Labute approximate surface area is 115 Å². The summed E-state index contributed by atoms with van der Waals surface area (Å²) in [7, 11) is 1.65. The number of rotatable bonds is 6. The molecule has 1 atom stereocenters. The number of hydrogen-bond donors (Lipinski definition) is 3. The number of carboxylic acid groups (broad SMARTS) is 1. The molecule has 0 saturated carbocycles. The first-order valence-electron chi connectivity index (χ1n) is 6.55. The van der Waals surface area contributed by atoms with E-state index in [1.165, 1.54) is 5.56 Å². The van der Waals surface area contributed by atoms with Crippen molar-refractivity contribution < 1.29 is 9.90 Å². The molecule has 19 heavy (non-hydrogen) atoms. The minimum Gasteiger partial charge on any atom is -0.480 e. The van der Waals surface area contributed by atoms with Gasteiger partial charge in [0, 0.05) is 13.1 Å². The second-order valence-electron chi connectivity index (χ2n) is 5.76. The van der Waals surface area contributed by atoms with E-state index in [0.29, 0.717) is 13.1 Å². The van der Waals surface area contributed by atoms with Crippen LogP contribution in [-0.2, 0) is 16.8 Å². The van der Waals surface area contributed by atoms with Crippen molar-refractivity contribution in [2.45, 2.75) is 38.8 Å². The van der Waals surface area contributed by atoms with E-state index in [2.05, 4.69) is 55.7 Å². The maximum Gasteiger partial charge on any atom is 0.322 e. The summed E-state index contributed by atoms with van der Waals surface area (Å²) >= 11 is 0. The number of nitrogens with one attached hydrogen (secondary N) is 2. The van der Waals surface area contributed by atoms with Crippen molar-refractivity contribution >= 4 is 5.97 Å². The molecule has 1 aromatic rings. The van der Waals surface area contributed by atoms with Crippen molar-refractivity contribution in [3.8, 4) is 0 Å². The molecule has 4 nitrogen and oxygen atoms in total. The Morgan fingerprint density at radius 2 is 1.84 bits per heavy atom. The van der Waals surface area contributed by atoms with Crippen molar-refractivity contribution in [1.29, 1.82) is 0 Å². The number of hydrogen-bond acceptors (Lipinski definition) is 3. The molecule has 0 spiro atoms. The molecule has 0 aromatic heterocycles. The minimum atomic E-state index is -0.835. The highest BCUT2D eigenvalue weighted by Crippen LogP contribution is 2.22. The number of aliphatic carboxylic acids is 1. The first-order chi connectivity index (χ1) is 8.84. The van der Waals surface area contributed by atoms with Gasteiger partial charge < -0.3 is 15.7 Å². The summed E-state index contributed by atoms with van der Waals surface area (Å²) in [5.41, 5.74) is 2.62. The lowest BCUT2D eigenvalue weighted by molar-refractivity contribution is -0.139. The molecule has 0 fully saturated rings. The monoisotopic (exact) mass is 264 g/mol. The van der Waals surface area contributed by atoms with Gasteiger partial charge in [-0.1, -0.05) is 45.0 Å². The fourth-order valence-corrected chi connectivity index (χ4v) is 1.80. The third-order valence-corrected chi connectivity index (χ3v) is 3.14. The molecule has 0 aliphatic heterocycles. The Morgan fingerprint density at radius 1 is 1.26 bits per heavy atom. The smallest absolute Gasteiger partial charge is 0.322 e. The van der Waals surface area contributed by atoms with Gasteiger partial charge in [0.05, 0.1) is 0 Å². The maximum atomic E-state index is 10.8. The Bertz CT molecular complexity index is 407. The SMILES string of the molecule is CNC(CNCc1ccc(C(C)(C)C)cc1)C(=O)O. The van der Waals surface area contributed by atoms with Crippen molar-refractivity contribution in [3.63, 3.8) is 0 Å². The van der Waals surface area contributed by atoms with Crippen LogP contribution in [0.15, 0.2) is 24.3 Å². The van der Waals surface area contributed by atoms with Gasteiger partial charge in [-0.25, -0.2) is 0 Å². The van der Waals surface area contributed by atoms with Gasteiger partial charge in [0.25, 0.3) is 0 Å². The van der Waals surface area contributed by atoms with Crippen LogP contribution in [0.4, 0.5) is 0 Å². The molecule has 0 aliphatic carbocycles. The molecule has 0 heterocycles. The largest absolute Gasteiger partial charge is 0.480 e. The number of likely N-dealkylation sites (N-methyl/N-ethyl adjacent to an activating group) is 1. The van der Waals surface area contributed by atoms with Gasteiger partial charge in [-0.15, -0.1) is 0 Å². The van der Waals surface area contributed by atoms with Gasteiger partial charge >= 0.3 is 5.97 Å². The lowest BCUT2D eigenvalue weighted by atomic mass is 9.87. The van der Waals surface area contributed by atoms with Gasteiger partial charge in [0.1, 0.15) is 6.04 Å². The molecular formula is C15H24N2O2. The normalized spacial score (nSPS) is 13.3. The second-order valence-corrected chi connectivity index (χ2v) is 5.76. The molecule has 1 aromatic carbocycles. The molecule has 1 unspecified atom stereocenters. The number of carboxylic acids is 1. The molecule has 3 N–H and O–H groups in total. The van der Waals surface area contributed by atoms with Crippen LogP contribution < -0.4 is 10.6 Å². The summed E-state index contributed by atoms with van der Waals surface area (Å²) in [6.45, 7) is 7.64. The molecular weight excluding hydrogens is 240 g/mol. The van der Waals surface area contributed by atoms with Crippen LogP contribution in [-0.4, -0.2) is 30.7 Å². The summed E-state index contributed by atoms with van der Waals surface area (Å²) in [5.74, 6) is -0.835. The fraction of sp³-hybridized carbons (Fsp3) is 0.533. The summed E-state index contributed by atoms with van der Waals surface area (Å²) in [6, 6.07) is 7.88. The van der Waals surface area contributed by atoms with Crippen LogP contribution in [0, 0.1) is 0 Å². The molecule has 0 amide bonds. The van der Waals surface area contributed by atoms with Crippen LogP contribution in [0.25, 0.3) is 0 Å². The summed E-state index contributed by atoms with van der Waals surface area (Å²) in [5, 5.41) is 14.8. The molecule has 0 saturated heterocycles. The highest BCUT2D eigenvalue weighted by molar-refractivity contribution is 5.73. The van der Waals surface area contributed by atoms with Gasteiger partial charge in [-0.3, -0.25) is 4.79 Å². The van der Waals surface area contributed by atoms with Crippen molar-refractivity contribution in [2.75, 3.05) is 13.6 Å². The Kier molecular flexibility index (Phi) is 5.51. The van der Waals surface area contributed by atoms with Crippen molar-refractivity contribution in [3.05, 3.63) is 35.4 Å². The molecule has 4 heteroatoms. The predicted octanol–water partition coefficient (Wildman–Crippen LogP) is 1.75. The van der Waals surface area contributed by atoms with Crippen LogP contribution in [0.2, 0.25) is 0 Å². The molecule has 0 aliphatic rings. The zero-order valence-corrected chi connectivity index (χ0v) is 12.2. The maximum absolute atomic E-state index is 10.8. The zero-order valence-electron chi connectivity index (χ0n) is 12.2. The topological polar surface area (TPSA) is 61.4 Å². The highest BCUT2D eigenvalue weighted by Gasteiger charge is 2.14. The van der Waals surface area contributed by atoms with Crippen molar-refractivity contribution in [1.82, 2.24) is 10.6 Å². The lowest BCUT2D eigenvalue weighted by Crippen LogP contribution is -2.42. The third-order valence-electron chi connectivity index (χ3n) is 3.14. The van der Waals surface area contributed by atoms with Gasteiger partial charge in [-0.05, 0) is 23.6 Å². The standard InChI is InChI=1S/C15H24N2O2/c1-15(2,3)12-7-5-11(6-8-12)9-17-10-13(16-4)14(18)19/h5-8,13,16-17H,9-10H2,1-4H3,(H,18,19). The molecule has 106 valence electrons. The molecule has 0 bridgehead atoms. The van der Waals surface area contributed by atoms with E-state index < -0.39 is 12.0 Å². The lowest BCUT2D eigenvalue weighted by Gasteiger charge is -2.19. The van der Waals surface area contributed by atoms with E-state index in [4.69, 9.17) is 5.11 Å². The van der Waals surface area contributed by atoms with E-state index in [-0.39, 0.29) is 5.41 Å². The quantitative estimate of drug-likeness (QED) is 0.732. The van der Waals surface area contributed by atoms with E-state index in [9.17, 15) is 4.79 Å². The number of carbonyl (C=O) groups is 1. The van der Waals surface area contributed by atoms with Crippen LogP contribution in [0.3, 0.4) is 0 Å². The number of benzene rings is 1. The zero-order chi connectivity index (χ0) is 14.5. The summed E-state index contributed by atoms with van der Waals surface area (Å²) in [4.78, 5) is 10.8. The Balaban J connectivity index is 2.49. The molecule has 1 rings (SSSR count). The first kappa shape index (κ1) is 15.7. The van der Waals surface area contributed by atoms with E-state index in [0.717, 1.165) is 5.56 Å². The van der Waals surface area contributed by atoms with Gasteiger partial charge in [-0.2, -0.15) is 0 Å². The first-order valence-corrected chi connectivity index (χ1v) is 6.55. The Morgan fingerprint density at radius 3 is 2.26 bits per heavy atom. The minimum absolute atomic E-state index is 0.159. The summed E-state index contributed by atoms with van der Waals surface area (Å²) < 4.78 is 0. The highest BCUT2D eigenvalue weighted by atomic mass is 16.4. The molecule has 0 radical (unpaired) electrons. The van der Waals surface area contributed by atoms with Crippen LogP contribution >= 0.6 is 0 Å². The fourth-order valence-electron chi connectivity index (χ4n) is 1.80. The second kappa shape index (κ2) is 6.68. The van der Waals surface area contributed by atoms with E-state index in [1.54, 1.807) is 7.05 Å². The van der Waals surface area contributed by atoms with E-state index >= 15 is 0 Å². The van der Waals surface area contributed by atoms with Crippen LogP contribution in [0.1, 0.15) is 31.9 Å². The average Bonchev–Trinajstić information content (AvgIpc) is 2.33.